The monoisotopic (exact) mass is 735 g/mol. The normalized spacial score (nSPS) is 18.1. The summed E-state index contributed by atoms with van der Waals surface area (Å²) in [6.45, 7) is 9.39. The second-order valence-electron chi connectivity index (χ2n) is 15.0. The van der Waals surface area contributed by atoms with E-state index in [0.29, 0.717) is 29.9 Å². The number of amides is 1. The summed E-state index contributed by atoms with van der Waals surface area (Å²) in [6.07, 6.45) is 2.75. The number of aromatic nitrogens is 1. The molecule has 0 saturated carbocycles. The summed E-state index contributed by atoms with van der Waals surface area (Å²) < 4.78 is 44.7. The molecule has 5 rings (SSSR count). The van der Waals surface area contributed by atoms with Gasteiger partial charge in [-0.05, 0) is 56.5 Å². The molecule has 0 unspecified atom stereocenters. The molecule has 1 amide bonds. The predicted molar refractivity (Wildman–Crippen MR) is 195 cm³/mol. The van der Waals surface area contributed by atoms with Crippen LogP contribution >= 0.6 is 23.2 Å². The van der Waals surface area contributed by atoms with Gasteiger partial charge in [-0.15, -0.1) is 0 Å². The summed E-state index contributed by atoms with van der Waals surface area (Å²) >= 11 is 13.4. The van der Waals surface area contributed by atoms with Crippen molar-refractivity contribution >= 4 is 50.0 Å². The number of rotatable bonds is 12. The lowest BCUT2D eigenvalue weighted by Gasteiger charge is -2.45. The van der Waals surface area contributed by atoms with Crippen LogP contribution in [0.5, 0.6) is 5.75 Å². The predicted octanol–water partition coefficient (Wildman–Crippen LogP) is 5.34. The Morgan fingerprint density at radius 1 is 1.08 bits per heavy atom. The number of carbonyl (C=O) groups is 1. The van der Waals surface area contributed by atoms with Gasteiger partial charge < -0.3 is 23.3 Å². The number of piperazine rings is 1. The highest BCUT2D eigenvalue weighted by molar-refractivity contribution is 7.89. The molecule has 0 aliphatic carbocycles. The van der Waals surface area contributed by atoms with Crippen molar-refractivity contribution < 1.29 is 31.7 Å². The minimum atomic E-state index is -4.27. The number of quaternary nitrogens is 2. The second kappa shape index (κ2) is 15.0. The Kier molecular flexibility index (Phi) is 11.5. The molecule has 1 aromatic heterocycles. The van der Waals surface area contributed by atoms with Crippen LogP contribution in [0.2, 0.25) is 10.0 Å². The number of para-hydroxylation sites is 1. The average molecular weight is 737 g/mol. The lowest BCUT2D eigenvalue weighted by molar-refractivity contribution is -0.914. The number of hydrogen-bond donors (Lipinski definition) is 1. The van der Waals surface area contributed by atoms with Gasteiger partial charge in [0, 0.05) is 47.7 Å². The van der Waals surface area contributed by atoms with Crippen molar-refractivity contribution in [3.63, 3.8) is 0 Å². The van der Waals surface area contributed by atoms with Crippen LogP contribution in [0.25, 0.3) is 10.9 Å². The maximum Gasteiger partial charge on any atom is 0.244 e. The Balaban J connectivity index is 1.32. The first-order valence-electron chi connectivity index (χ1n) is 17.0. The van der Waals surface area contributed by atoms with Gasteiger partial charge in [-0.25, -0.2) is 13.4 Å². The zero-order valence-electron chi connectivity index (χ0n) is 29.7. The van der Waals surface area contributed by atoms with Crippen molar-refractivity contribution in [2.45, 2.75) is 56.6 Å². The summed E-state index contributed by atoms with van der Waals surface area (Å²) in [5, 5.41) is 1.18. The third kappa shape index (κ3) is 8.87. The molecule has 0 atom stereocenters. The minimum Gasteiger partial charge on any atom is -0.487 e. The van der Waals surface area contributed by atoms with Gasteiger partial charge in [-0.1, -0.05) is 35.3 Å². The number of fused-ring (bicyclic) bond motifs is 1. The molecule has 1 N–H and O–H groups in total. The zero-order chi connectivity index (χ0) is 35.6. The second-order valence-corrected chi connectivity index (χ2v) is 17.4. The number of halogens is 2. The van der Waals surface area contributed by atoms with E-state index in [1.54, 1.807) is 0 Å². The smallest absolute Gasteiger partial charge is 0.244 e. The standard InChI is InChI=1S/C36H51Cl2N5O5S/c1-26-24-27(2)39-34-28(26)10-9-11-31(34)48-25-29-30(37)12-13-32(33(29)38)49(45,46)40-36(14-22-47-23-15-36)35(44)41-16-20-43(6,21-17-41)19-8-7-18-42(3,4)5/h9-13,24,40H,7-8,14-23,25H2,1-6H3/q+2. The van der Waals surface area contributed by atoms with Crippen molar-refractivity contribution in [1.29, 1.82) is 0 Å². The fourth-order valence-electron chi connectivity index (χ4n) is 6.89. The lowest BCUT2D eigenvalue weighted by Crippen LogP contribution is -2.66. The summed E-state index contributed by atoms with van der Waals surface area (Å²) in [5.74, 6) is 0.327. The largest absolute Gasteiger partial charge is 0.487 e. The number of carbonyl (C=O) groups excluding carboxylic acids is 1. The zero-order valence-corrected chi connectivity index (χ0v) is 32.0. The quantitative estimate of drug-likeness (QED) is 0.199. The molecular formula is C36H51Cl2N5O5S+2. The number of nitrogens with zero attached hydrogens (tertiary/aromatic N) is 4. The Morgan fingerprint density at radius 3 is 2.45 bits per heavy atom. The fourth-order valence-corrected chi connectivity index (χ4v) is 9.19. The highest BCUT2D eigenvalue weighted by Gasteiger charge is 2.47. The Hall–Kier alpha value is -2.51. The number of nitrogens with one attached hydrogen (secondary N) is 1. The highest BCUT2D eigenvalue weighted by Crippen LogP contribution is 2.35. The van der Waals surface area contributed by atoms with Crippen molar-refractivity contribution in [3.8, 4) is 5.75 Å². The minimum absolute atomic E-state index is 0.0495. The van der Waals surface area contributed by atoms with Crippen LogP contribution in [0, 0.1) is 13.8 Å². The molecule has 2 aromatic carbocycles. The van der Waals surface area contributed by atoms with Gasteiger partial charge in [0.2, 0.25) is 15.9 Å². The molecule has 0 spiro atoms. The van der Waals surface area contributed by atoms with Crippen LogP contribution in [0.15, 0.2) is 41.3 Å². The van der Waals surface area contributed by atoms with Gasteiger partial charge in [0.05, 0.1) is 72.5 Å². The van der Waals surface area contributed by atoms with Crippen LogP contribution in [0.3, 0.4) is 0 Å². The Morgan fingerprint density at radius 2 is 1.78 bits per heavy atom. The molecule has 2 saturated heterocycles. The van der Waals surface area contributed by atoms with E-state index in [4.69, 9.17) is 32.7 Å². The van der Waals surface area contributed by atoms with Crippen molar-refractivity contribution in [2.75, 3.05) is 80.7 Å². The molecule has 3 aromatic rings. The molecule has 268 valence electrons. The summed E-state index contributed by atoms with van der Waals surface area (Å²) in [7, 11) is 4.62. The molecule has 0 bridgehead atoms. The number of aryl methyl sites for hydroxylation is 2. The first-order chi connectivity index (χ1) is 23.0. The third-order valence-corrected chi connectivity index (χ3v) is 12.4. The van der Waals surface area contributed by atoms with Gasteiger partial charge in [0.25, 0.3) is 0 Å². The topological polar surface area (TPSA) is 97.8 Å². The van der Waals surface area contributed by atoms with E-state index in [0.717, 1.165) is 64.6 Å². The van der Waals surface area contributed by atoms with Gasteiger partial charge in [0.15, 0.2) is 0 Å². The number of benzene rings is 2. The maximum absolute atomic E-state index is 14.2. The SMILES string of the molecule is Cc1cc(C)c2cccc(OCc3c(Cl)ccc(S(=O)(=O)NC4(C(=O)N5CC[N+](C)(CCCC[N+](C)(C)C)CC5)CCOCC4)c3Cl)c2n1. The maximum atomic E-state index is 14.2. The van der Waals surface area contributed by atoms with Crippen LogP contribution < -0.4 is 9.46 Å². The van der Waals surface area contributed by atoms with Crippen molar-refractivity contribution in [3.05, 3.63) is 63.3 Å². The molecule has 2 fully saturated rings. The van der Waals surface area contributed by atoms with Gasteiger partial charge in [-0.3, -0.25) is 4.79 Å². The first kappa shape index (κ1) is 37.7. The van der Waals surface area contributed by atoms with Gasteiger partial charge in [-0.2, -0.15) is 4.72 Å². The fraction of sp³-hybridized carbons (Fsp3) is 0.556. The molecule has 0 radical (unpaired) electrons. The molecule has 2 aliphatic heterocycles. The van der Waals surface area contributed by atoms with Gasteiger partial charge >= 0.3 is 0 Å². The van der Waals surface area contributed by atoms with E-state index in [1.807, 2.05) is 43.0 Å². The molecule has 2 aliphatic rings. The number of ether oxygens (including phenoxy) is 2. The Labute approximate surface area is 301 Å². The molecule has 13 heteroatoms. The van der Waals surface area contributed by atoms with Crippen LogP contribution in [-0.2, 0) is 26.2 Å². The number of hydrogen-bond acceptors (Lipinski definition) is 6. The summed E-state index contributed by atoms with van der Waals surface area (Å²) in [6, 6.07) is 10.6. The molecule has 3 heterocycles. The third-order valence-electron chi connectivity index (χ3n) is 9.92. The lowest BCUT2D eigenvalue weighted by atomic mass is 9.89. The molecule has 49 heavy (non-hydrogen) atoms. The van der Waals surface area contributed by atoms with Crippen LogP contribution in [0.4, 0.5) is 0 Å². The first-order valence-corrected chi connectivity index (χ1v) is 19.3. The van der Waals surface area contributed by atoms with E-state index >= 15 is 0 Å². The van der Waals surface area contributed by atoms with E-state index < -0.39 is 15.6 Å². The molecule has 10 nitrogen and oxygen atoms in total. The number of likely N-dealkylation sites (N-methyl/N-ethyl adjacent to an activating group) is 1. The van der Waals surface area contributed by atoms with E-state index in [9.17, 15) is 13.2 Å². The van der Waals surface area contributed by atoms with E-state index in [1.165, 1.54) is 12.1 Å². The number of unbranched alkanes of at least 4 members (excludes halogenated alkanes) is 1. The van der Waals surface area contributed by atoms with E-state index in [2.05, 4.69) is 37.9 Å². The van der Waals surface area contributed by atoms with Crippen LogP contribution in [-0.4, -0.2) is 119 Å². The van der Waals surface area contributed by atoms with Crippen molar-refractivity contribution in [1.82, 2.24) is 14.6 Å². The Bertz CT molecular complexity index is 1780. The average Bonchev–Trinajstić information content (AvgIpc) is 3.03. The number of sulfonamides is 1. The number of pyridine rings is 1. The van der Waals surface area contributed by atoms with Gasteiger partial charge in [0.1, 0.15) is 28.3 Å². The summed E-state index contributed by atoms with van der Waals surface area (Å²) in [5.41, 5.74) is 1.62. The van der Waals surface area contributed by atoms with E-state index in [-0.39, 0.29) is 53.5 Å². The van der Waals surface area contributed by atoms with Crippen molar-refractivity contribution in [2.24, 2.45) is 0 Å². The van der Waals surface area contributed by atoms with Crippen LogP contribution in [0.1, 0.15) is 42.5 Å². The molecular weight excluding hydrogens is 685 g/mol. The summed E-state index contributed by atoms with van der Waals surface area (Å²) in [4.78, 5) is 20.6. The highest BCUT2D eigenvalue weighted by atomic mass is 35.5.